The molecule has 0 atom stereocenters. The average Bonchev–Trinajstić information content (AvgIpc) is 3.74. The third-order valence-corrected chi connectivity index (χ3v) is 10.8. The van der Waals surface area contributed by atoms with Crippen molar-refractivity contribution in [3.8, 4) is 0 Å². The normalized spacial score (nSPS) is 11.7. The summed E-state index contributed by atoms with van der Waals surface area (Å²) in [6, 6.07) is 59.6. The van der Waals surface area contributed by atoms with Crippen LogP contribution in [0.15, 0.2) is 193 Å². The van der Waals surface area contributed by atoms with E-state index < -0.39 is 17.1 Å². The van der Waals surface area contributed by atoms with Gasteiger partial charge in [-0.1, -0.05) is 208 Å². The van der Waals surface area contributed by atoms with Crippen molar-refractivity contribution in [3.05, 3.63) is 226 Å². The number of oxime groups is 1. The Morgan fingerprint density at radius 1 is 0.596 bits per heavy atom. The topological polar surface area (TPSA) is 87.1 Å². The van der Waals surface area contributed by atoms with Gasteiger partial charge in [0.25, 0.3) is 0 Å². The SMILES string of the molecule is CCN(CC)CC.O=C(O)/C(=N/OC(c1ccccc1)(c1ccccc1)c1ccccc1)c1csc(NC(c2ccccc2)(c2ccccc2)c2ccccc2)n1. The number of benzene rings is 6. The molecule has 7 nitrogen and oxygen atoms in total. The number of aromatic nitrogens is 1. The highest BCUT2D eigenvalue weighted by Crippen LogP contribution is 2.42. The quantitative estimate of drug-likeness (QED) is 0.0613. The van der Waals surface area contributed by atoms with Gasteiger partial charge in [0.15, 0.2) is 5.13 Å². The summed E-state index contributed by atoms with van der Waals surface area (Å²) in [4.78, 5) is 26.7. The van der Waals surface area contributed by atoms with Crippen LogP contribution in [0.1, 0.15) is 59.8 Å². The highest BCUT2D eigenvalue weighted by Gasteiger charge is 2.41. The standard InChI is InChI=1S/C43H33N3O3S.C6H15N/c47-40(48)39(46-49-43(35-25-13-4-14-26-35,36-27-15-5-16-28-36)37-29-17-6-18-30-37)38-31-50-41(44-38)45-42(32-19-7-1-8-20-32,33-21-9-2-10-22-33)34-23-11-3-12-24-34;1-4-7(5-2)6-3/h1-31H,(H,44,45)(H,47,48);4-6H2,1-3H3/b46-39+;. The largest absolute Gasteiger partial charge is 0.476 e. The van der Waals surface area contributed by atoms with Crippen molar-refractivity contribution in [2.45, 2.75) is 31.9 Å². The minimum absolute atomic E-state index is 0.177. The lowest BCUT2D eigenvalue weighted by molar-refractivity contribution is -0.129. The first-order valence-corrected chi connectivity index (χ1v) is 20.1. The Hall–Kier alpha value is -6.35. The predicted molar refractivity (Wildman–Crippen MR) is 233 cm³/mol. The Morgan fingerprint density at radius 2 is 0.930 bits per heavy atom. The van der Waals surface area contributed by atoms with Crippen molar-refractivity contribution < 1.29 is 14.7 Å². The zero-order valence-corrected chi connectivity index (χ0v) is 33.3. The van der Waals surface area contributed by atoms with E-state index >= 15 is 0 Å². The first-order valence-electron chi connectivity index (χ1n) is 19.2. The van der Waals surface area contributed by atoms with Gasteiger partial charge in [-0.2, -0.15) is 0 Å². The van der Waals surface area contributed by atoms with Gasteiger partial charge < -0.3 is 20.2 Å². The Bertz CT molecular complexity index is 2080. The molecular weight excluding hydrogens is 725 g/mol. The Balaban J connectivity index is 0.000000719. The van der Waals surface area contributed by atoms with Gasteiger partial charge in [0.2, 0.25) is 11.3 Å². The van der Waals surface area contributed by atoms with Crippen molar-refractivity contribution in [1.82, 2.24) is 9.88 Å². The Morgan fingerprint density at radius 3 is 1.23 bits per heavy atom. The van der Waals surface area contributed by atoms with Gasteiger partial charge in [0.1, 0.15) is 11.2 Å². The fourth-order valence-electron chi connectivity index (χ4n) is 7.04. The summed E-state index contributed by atoms with van der Waals surface area (Å²) in [7, 11) is 0. The number of hydrogen-bond acceptors (Lipinski definition) is 7. The molecule has 2 N–H and O–H groups in total. The molecular formula is C49H48N4O3S. The van der Waals surface area contributed by atoms with Crippen LogP contribution in [0.2, 0.25) is 0 Å². The van der Waals surface area contributed by atoms with Crippen molar-refractivity contribution in [1.29, 1.82) is 0 Å². The lowest BCUT2D eigenvalue weighted by atomic mass is 9.77. The lowest BCUT2D eigenvalue weighted by Gasteiger charge is -2.36. The number of aliphatic carboxylic acids is 1. The van der Waals surface area contributed by atoms with Crippen LogP contribution in [-0.4, -0.2) is 46.3 Å². The molecule has 6 aromatic carbocycles. The average molecular weight is 773 g/mol. The number of thiazole rings is 1. The van der Waals surface area contributed by atoms with E-state index in [0.29, 0.717) is 5.13 Å². The summed E-state index contributed by atoms with van der Waals surface area (Å²) in [5.41, 5.74) is 3.18. The summed E-state index contributed by atoms with van der Waals surface area (Å²) in [6.45, 7) is 10.1. The molecule has 0 radical (unpaired) electrons. The number of rotatable bonds is 15. The minimum atomic E-state index is -1.26. The van der Waals surface area contributed by atoms with Gasteiger partial charge in [-0.25, -0.2) is 9.78 Å². The monoisotopic (exact) mass is 772 g/mol. The number of carbonyl (C=O) groups is 1. The van der Waals surface area contributed by atoms with Gasteiger partial charge in [-0.05, 0) is 36.3 Å². The molecule has 0 bridgehead atoms. The molecule has 0 aliphatic heterocycles. The fraction of sp³-hybridized carbons (Fsp3) is 0.163. The summed E-state index contributed by atoms with van der Waals surface area (Å²) in [6.07, 6.45) is 0. The summed E-state index contributed by atoms with van der Waals surface area (Å²) < 4.78 is 0. The maximum Gasteiger partial charge on any atom is 0.360 e. The zero-order chi connectivity index (χ0) is 39.9. The van der Waals surface area contributed by atoms with Gasteiger partial charge in [0.05, 0.1) is 0 Å². The molecule has 7 rings (SSSR count). The van der Waals surface area contributed by atoms with Crippen LogP contribution in [0.4, 0.5) is 5.13 Å². The van der Waals surface area contributed by atoms with Crippen LogP contribution in [-0.2, 0) is 20.8 Å². The Kier molecular flexibility index (Phi) is 13.8. The lowest BCUT2D eigenvalue weighted by Crippen LogP contribution is -2.38. The van der Waals surface area contributed by atoms with Crippen LogP contribution in [0, 0.1) is 0 Å². The molecule has 0 unspecified atom stereocenters. The third-order valence-electron chi connectivity index (χ3n) is 10.0. The van der Waals surface area contributed by atoms with Crippen LogP contribution in [0.25, 0.3) is 0 Å². The summed E-state index contributed by atoms with van der Waals surface area (Å²) in [5.74, 6) is -1.26. The van der Waals surface area contributed by atoms with E-state index in [-0.39, 0.29) is 11.4 Å². The van der Waals surface area contributed by atoms with E-state index in [1.807, 2.05) is 146 Å². The van der Waals surface area contributed by atoms with Crippen molar-refractivity contribution in [2.75, 3.05) is 25.0 Å². The fourth-order valence-corrected chi connectivity index (χ4v) is 7.79. The van der Waals surface area contributed by atoms with E-state index in [4.69, 9.17) is 9.82 Å². The van der Waals surface area contributed by atoms with Crippen molar-refractivity contribution in [2.24, 2.45) is 5.16 Å². The number of hydrogen-bond donors (Lipinski definition) is 2. The first-order chi connectivity index (χ1) is 28.0. The molecule has 0 saturated heterocycles. The number of carboxylic acid groups (broad SMARTS) is 1. The summed E-state index contributed by atoms with van der Waals surface area (Å²) >= 11 is 1.31. The number of carboxylic acids is 1. The van der Waals surface area contributed by atoms with Crippen molar-refractivity contribution in [3.63, 3.8) is 0 Å². The summed E-state index contributed by atoms with van der Waals surface area (Å²) in [5, 5.41) is 20.9. The molecule has 0 fully saturated rings. The van der Waals surface area contributed by atoms with Crippen LogP contribution in [0.5, 0.6) is 0 Å². The molecule has 0 spiro atoms. The first kappa shape index (κ1) is 40.3. The highest BCUT2D eigenvalue weighted by molar-refractivity contribution is 7.14. The van der Waals surface area contributed by atoms with E-state index in [1.165, 1.54) is 31.0 Å². The van der Waals surface area contributed by atoms with Crippen LogP contribution < -0.4 is 5.32 Å². The third kappa shape index (κ3) is 9.04. The second-order valence-corrected chi connectivity index (χ2v) is 14.1. The second kappa shape index (κ2) is 19.5. The maximum absolute atomic E-state index is 12.9. The van der Waals surface area contributed by atoms with Gasteiger partial charge in [-0.15, -0.1) is 11.3 Å². The van der Waals surface area contributed by atoms with Crippen molar-refractivity contribution >= 4 is 28.1 Å². The number of nitrogens with one attached hydrogen (secondary N) is 1. The molecule has 57 heavy (non-hydrogen) atoms. The number of nitrogens with zero attached hydrogens (tertiary/aromatic N) is 3. The van der Waals surface area contributed by atoms with E-state index in [1.54, 1.807) is 5.38 Å². The van der Waals surface area contributed by atoms with Crippen LogP contribution in [0.3, 0.4) is 0 Å². The van der Waals surface area contributed by atoms with E-state index in [0.717, 1.165) is 33.4 Å². The smallest absolute Gasteiger partial charge is 0.360 e. The Labute approximate surface area is 340 Å². The van der Waals surface area contributed by atoms with Gasteiger partial charge in [-0.3, -0.25) is 0 Å². The molecule has 1 aromatic heterocycles. The molecule has 7 aromatic rings. The minimum Gasteiger partial charge on any atom is -0.476 e. The van der Waals surface area contributed by atoms with Gasteiger partial charge >= 0.3 is 5.97 Å². The predicted octanol–water partition coefficient (Wildman–Crippen LogP) is 10.7. The number of anilines is 1. The van der Waals surface area contributed by atoms with E-state index in [9.17, 15) is 9.90 Å². The molecule has 0 aliphatic carbocycles. The second-order valence-electron chi connectivity index (χ2n) is 13.2. The molecule has 1 heterocycles. The highest BCUT2D eigenvalue weighted by atomic mass is 32.1. The molecule has 8 heteroatoms. The molecule has 0 aliphatic rings. The molecule has 0 saturated carbocycles. The molecule has 288 valence electrons. The van der Waals surface area contributed by atoms with Gasteiger partial charge in [0, 0.05) is 22.1 Å². The maximum atomic E-state index is 12.9. The van der Waals surface area contributed by atoms with E-state index in [2.05, 4.69) is 72.5 Å². The van der Waals surface area contributed by atoms with Crippen LogP contribution >= 0.6 is 11.3 Å². The zero-order valence-electron chi connectivity index (χ0n) is 32.5. The molecule has 0 amide bonds.